The Hall–Kier alpha value is -2.15. The van der Waals surface area contributed by atoms with Gasteiger partial charge in [0, 0.05) is 58.6 Å². The Balaban J connectivity index is 1.59. The maximum atomic E-state index is 12.6. The number of carbonyl (C=O) groups is 1. The molecule has 0 aliphatic carbocycles. The van der Waals surface area contributed by atoms with Crippen LogP contribution in [0.25, 0.3) is 0 Å². The lowest BCUT2D eigenvalue weighted by Crippen LogP contribution is -2.48. The highest BCUT2D eigenvalue weighted by molar-refractivity contribution is 5.92. The Labute approximate surface area is 136 Å². The zero-order valence-corrected chi connectivity index (χ0v) is 14.3. The van der Waals surface area contributed by atoms with Crippen LogP contribution in [-0.4, -0.2) is 61.4 Å². The lowest BCUT2D eigenvalue weighted by atomic mass is 10.2. The molecule has 2 aromatic rings. The van der Waals surface area contributed by atoms with E-state index in [1.54, 1.807) is 4.68 Å². The van der Waals surface area contributed by atoms with E-state index in [2.05, 4.69) is 21.3 Å². The van der Waals surface area contributed by atoms with Crippen LogP contribution in [0.3, 0.4) is 0 Å². The summed E-state index contributed by atoms with van der Waals surface area (Å²) in [4.78, 5) is 16.9. The Morgan fingerprint density at radius 3 is 2.35 bits per heavy atom. The SMILES string of the molecule is Cc1cc(C(=O)N2CCN(Cc3cn(C)nc3C)CC2)n(C)n1. The molecule has 0 radical (unpaired) electrons. The molecule has 0 bridgehead atoms. The van der Waals surface area contributed by atoms with E-state index in [0.29, 0.717) is 5.69 Å². The van der Waals surface area contributed by atoms with Crippen LogP contribution in [0.15, 0.2) is 12.3 Å². The topological polar surface area (TPSA) is 59.2 Å². The third-order valence-corrected chi connectivity index (χ3v) is 4.39. The Morgan fingerprint density at radius 1 is 1.13 bits per heavy atom. The molecule has 1 aliphatic heterocycles. The summed E-state index contributed by atoms with van der Waals surface area (Å²) in [5.41, 5.74) is 3.88. The van der Waals surface area contributed by atoms with Crippen LogP contribution in [0.4, 0.5) is 0 Å². The molecule has 0 saturated carbocycles. The summed E-state index contributed by atoms with van der Waals surface area (Å²) in [6.45, 7) is 8.12. The van der Waals surface area contributed by atoms with Gasteiger partial charge in [-0.2, -0.15) is 10.2 Å². The second-order valence-corrected chi connectivity index (χ2v) is 6.28. The average molecular weight is 316 g/mol. The summed E-state index contributed by atoms with van der Waals surface area (Å²) in [7, 11) is 3.77. The molecule has 3 heterocycles. The quantitative estimate of drug-likeness (QED) is 0.837. The average Bonchev–Trinajstić information content (AvgIpc) is 3.00. The number of hydrogen-bond donors (Lipinski definition) is 0. The van der Waals surface area contributed by atoms with Gasteiger partial charge in [0.1, 0.15) is 5.69 Å². The molecule has 2 aromatic heterocycles. The third kappa shape index (κ3) is 3.29. The van der Waals surface area contributed by atoms with Gasteiger partial charge in [0.2, 0.25) is 0 Å². The van der Waals surface area contributed by atoms with Crippen LogP contribution in [-0.2, 0) is 20.6 Å². The fraction of sp³-hybridized carbons (Fsp3) is 0.562. The number of aryl methyl sites for hydroxylation is 4. The van der Waals surface area contributed by atoms with E-state index in [1.165, 1.54) is 5.56 Å². The van der Waals surface area contributed by atoms with Crippen LogP contribution < -0.4 is 0 Å². The monoisotopic (exact) mass is 316 g/mol. The van der Waals surface area contributed by atoms with E-state index in [4.69, 9.17) is 0 Å². The Kier molecular flexibility index (Phi) is 4.21. The minimum Gasteiger partial charge on any atom is -0.335 e. The fourth-order valence-electron chi connectivity index (χ4n) is 3.13. The normalized spacial score (nSPS) is 16.1. The maximum absolute atomic E-state index is 12.6. The first kappa shape index (κ1) is 15.7. The number of amides is 1. The lowest BCUT2D eigenvalue weighted by Gasteiger charge is -2.34. The Morgan fingerprint density at radius 2 is 1.83 bits per heavy atom. The number of nitrogens with zero attached hydrogens (tertiary/aromatic N) is 6. The molecule has 1 amide bonds. The lowest BCUT2D eigenvalue weighted by molar-refractivity contribution is 0.0617. The van der Waals surface area contributed by atoms with Crippen LogP contribution in [0, 0.1) is 13.8 Å². The van der Waals surface area contributed by atoms with E-state index >= 15 is 0 Å². The van der Waals surface area contributed by atoms with E-state index in [9.17, 15) is 4.79 Å². The third-order valence-electron chi connectivity index (χ3n) is 4.39. The van der Waals surface area contributed by atoms with Crippen molar-refractivity contribution in [1.82, 2.24) is 29.4 Å². The number of rotatable bonds is 3. The second kappa shape index (κ2) is 6.16. The molecule has 1 aliphatic rings. The molecular weight excluding hydrogens is 292 g/mol. The molecule has 1 fully saturated rings. The van der Waals surface area contributed by atoms with Crippen LogP contribution in [0.2, 0.25) is 0 Å². The van der Waals surface area contributed by atoms with Gasteiger partial charge in [-0.15, -0.1) is 0 Å². The van der Waals surface area contributed by atoms with Crippen molar-refractivity contribution in [2.45, 2.75) is 20.4 Å². The standard InChI is InChI=1S/C16H24N6O/c1-12-9-15(20(4)17-12)16(23)22-7-5-21(6-8-22)11-14-10-19(3)18-13(14)2/h9-10H,5-8,11H2,1-4H3. The van der Waals surface area contributed by atoms with Gasteiger partial charge < -0.3 is 4.90 Å². The fourth-order valence-corrected chi connectivity index (χ4v) is 3.13. The summed E-state index contributed by atoms with van der Waals surface area (Å²) in [5.74, 6) is 0.0744. The summed E-state index contributed by atoms with van der Waals surface area (Å²) < 4.78 is 3.53. The molecule has 124 valence electrons. The second-order valence-electron chi connectivity index (χ2n) is 6.28. The smallest absolute Gasteiger partial charge is 0.272 e. The highest BCUT2D eigenvalue weighted by Crippen LogP contribution is 2.13. The van der Waals surface area contributed by atoms with Crippen molar-refractivity contribution >= 4 is 5.91 Å². The van der Waals surface area contributed by atoms with Crippen molar-refractivity contribution in [2.75, 3.05) is 26.2 Å². The van der Waals surface area contributed by atoms with E-state index in [1.807, 2.05) is 43.6 Å². The largest absolute Gasteiger partial charge is 0.335 e. The minimum atomic E-state index is 0.0744. The van der Waals surface area contributed by atoms with Gasteiger partial charge >= 0.3 is 0 Å². The van der Waals surface area contributed by atoms with E-state index in [0.717, 1.165) is 44.1 Å². The molecule has 0 N–H and O–H groups in total. The van der Waals surface area contributed by atoms with Gasteiger partial charge in [0.15, 0.2) is 0 Å². The van der Waals surface area contributed by atoms with Crippen LogP contribution in [0.1, 0.15) is 27.4 Å². The molecule has 7 heteroatoms. The van der Waals surface area contributed by atoms with Crippen molar-refractivity contribution in [3.8, 4) is 0 Å². The van der Waals surface area contributed by atoms with Crippen LogP contribution in [0.5, 0.6) is 0 Å². The summed E-state index contributed by atoms with van der Waals surface area (Å²) >= 11 is 0. The highest BCUT2D eigenvalue weighted by atomic mass is 16.2. The summed E-state index contributed by atoms with van der Waals surface area (Å²) in [6.07, 6.45) is 2.07. The first-order valence-electron chi connectivity index (χ1n) is 7.95. The molecule has 23 heavy (non-hydrogen) atoms. The predicted molar refractivity (Wildman–Crippen MR) is 87.1 cm³/mol. The molecule has 1 saturated heterocycles. The number of hydrogen-bond acceptors (Lipinski definition) is 4. The summed E-state index contributed by atoms with van der Waals surface area (Å²) in [6, 6.07) is 1.85. The molecule has 3 rings (SSSR count). The molecule has 0 spiro atoms. The highest BCUT2D eigenvalue weighted by Gasteiger charge is 2.24. The maximum Gasteiger partial charge on any atom is 0.272 e. The van der Waals surface area contributed by atoms with Crippen molar-refractivity contribution in [2.24, 2.45) is 14.1 Å². The zero-order valence-electron chi connectivity index (χ0n) is 14.3. The van der Waals surface area contributed by atoms with Gasteiger partial charge in [0.05, 0.1) is 11.4 Å². The van der Waals surface area contributed by atoms with Gasteiger partial charge in [-0.25, -0.2) is 0 Å². The minimum absolute atomic E-state index is 0.0744. The van der Waals surface area contributed by atoms with Crippen molar-refractivity contribution in [3.63, 3.8) is 0 Å². The summed E-state index contributed by atoms with van der Waals surface area (Å²) in [5, 5.41) is 8.65. The van der Waals surface area contributed by atoms with Gasteiger partial charge in [0.25, 0.3) is 5.91 Å². The number of carbonyl (C=O) groups excluding carboxylic acids is 1. The first-order valence-corrected chi connectivity index (χ1v) is 7.95. The first-order chi connectivity index (χ1) is 10.9. The van der Waals surface area contributed by atoms with Gasteiger partial charge in [-0.05, 0) is 19.9 Å². The van der Waals surface area contributed by atoms with Crippen molar-refractivity contribution in [1.29, 1.82) is 0 Å². The van der Waals surface area contributed by atoms with Crippen molar-refractivity contribution in [3.05, 3.63) is 34.9 Å². The van der Waals surface area contributed by atoms with Gasteiger partial charge in [-0.3, -0.25) is 19.1 Å². The molecule has 0 atom stereocenters. The molecular formula is C16H24N6O. The number of aromatic nitrogens is 4. The van der Waals surface area contributed by atoms with Gasteiger partial charge in [-0.1, -0.05) is 0 Å². The zero-order chi connectivity index (χ0) is 16.6. The number of piperazine rings is 1. The Bertz CT molecular complexity index is 708. The molecule has 0 unspecified atom stereocenters. The van der Waals surface area contributed by atoms with Crippen LogP contribution >= 0.6 is 0 Å². The molecule has 0 aromatic carbocycles. The van der Waals surface area contributed by atoms with E-state index < -0.39 is 0 Å². The predicted octanol–water partition coefficient (Wildman–Crippen LogP) is 0.728. The molecule has 7 nitrogen and oxygen atoms in total. The van der Waals surface area contributed by atoms with Crippen molar-refractivity contribution < 1.29 is 4.79 Å². The van der Waals surface area contributed by atoms with E-state index in [-0.39, 0.29) is 5.91 Å².